The lowest BCUT2D eigenvalue weighted by molar-refractivity contribution is 0.253. The summed E-state index contributed by atoms with van der Waals surface area (Å²) in [5.41, 5.74) is 2.47. The minimum atomic E-state index is -0.103. The van der Waals surface area contributed by atoms with Crippen molar-refractivity contribution in [2.45, 2.75) is 12.8 Å². The highest BCUT2D eigenvalue weighted by molar-refractivity contribution is 8.12. The number of piperidine rings is 1. The van der Waals surface area contributed by atoms with Crippen molar-refractivity contribution < 1.29 is 4.79 Å². The van der Waals surface area contributed by atoms with Crippen LogP contribution in [0.5, 0.6) is 0 Å². The molecule has 0 aromatic rings. The Morgan fingerprint density at radius 1 is 1.57 bits per heavy atom. The molecule has 1 N–H and O–H groups in total. The van der Waals surface area contributed by atoms with Crippen molar-refractivity contribution in [2.75, 3.05) is 26.4 Å². The lowest BCUT2D eigenvalue weighted by atomic mass is 9.99. The molecule has 0 saturated carbocycles. The maximum absolute atomic E-state index is 10.8. The molecular formula is C9H17N3OS. The molecule has 0 atom stereocenters. The van der Waals surface area contributed by atoms with Crippen molar-refractivity contribution in [2.24, 2.45) is 11.0 Å². The maximum atomic E-state index is 10.8. The Balaban J connectivity index is 2.20. The van der Waals surface area contributed by atoms with Crippen LogP contribution in [0.3, 0.4) is 0 Å². The van der Waals surface area contributed by atoms with Gasteiger partial charge in [-0.1, -0.05) is 11.8 Å². The number of rotatable bonds is 2. The van der Waals surface area contributed by atoms with Crippen LogP contribution in [0.15, 0.2) is 5.10 Å². The van der Waals surface area contributed by atoms with Crippen LogP contribution >= 0.6 is 11.8 Å². The average molecular weight is 215 g/mol. The van der Waals surface area contributed by atoms with E-state index in [1.165, 1.54) is 0 Å². The first-order valence-electron chi connectivity index (χ1n) is 4.78. The summed E-state index contributed by atoms with van der Waals surface area (Å²) in [6, 6.07) is 0. The molecule has 4 nitrogen and oxygen atoms in total. The predicted octanol–water partition coefficient (Wildman–Crippen LogP) is 1.39. The Morgan fingerprint density at radius 3 is 2.79 bits per heavy atom. The van der Waals surface area contributed by atoms with Gasteiger partial charge in [-0.15, -0.1) is 0 Å². The first-order chi connectivity index (χ1) is 6.72. The summed E-state index contributed by atoms with van der Waals surface area (Å²) in [5, 5.41) is 3.82. The number of amides is 1. The van der Waals surface area contributed by atoms with Crippen LogP contribution in [-0.4, -0.2) is 42.7 Å². The van der Waals surface area contributed by atoms with Gasteiger partial charge in [-0.05, 0) is 45.2 Å². The molecule has 1 fully saturated rings. The Labute approximate surface area is 89.1 Å². The van der Waals surface area contributed by atoms with Crippen LogP contribution in [0.2, 0.25) is 0 Å². The van der Waals surface area contributed by atoms with E-state index in [2.05, 4.69) is 22.5 Å². The summed E-state index contributed by atoms with van der Waals surface area (Å²) < 4.78 is 0. The Kier molecular flexibility index (Phi) is 4.97. The van der Waals surface area contributed by atoms with E-state index in [9.17, 15) is 4.79 Å². The number of hydrazone groups is 1. The first kappa shape index (κ1) is 11.5. The third kappa shape index (κ3) is 4.11. The van der Waals surface area contributed by atoms with E-state index < -0.39 is 0 Å². The van der Waals surface area contributed by atoms with Crippen LogP contribution in [0.1, 0.15) is 12.8 Å². The van der Waals surface area contributed by atoms with E-state index in [0.29, 0.717) is 5.92 Å². The van der Waals surface area contributed by atoms with Crippen molar-refractivity contribution in [3.63, 3.8) is 0 Å². The van der Waals surface area contributed by atoms with Crippen molar-refractivity contribution in [1.82, 2.24) is 10.3 Å². The average Bonchev–Trinajstić information content (AvgIpc) is 2.21. The summed E-state index contributed by atoms with van der Waals surface area (Å²) in [6.45, 7) is 2.24. The third-order valence-corrected chi connectivity index (χ3v) is 2.85. The Morgan fingerprint density at radius 2 is 2.21 bits per heavy atom. The molecule has 1 rings (SSSR count). The smallest absolute Gasteiger partial charge is 0.298 e. The SMILES string of the molecule is CSC(=O)N/N=C/C1CCN(C)CC1. The molecule has 0 unspecified atom stereocenters. The minimum Gasteiger partial charge on any atom is -0.306 e. The number of carbonyl (C=O) groups excluding carboxylic acids is 1. The van der Waals surface area contributed by atoms with Crippen molar-refractivity contribution in [1.29, 1.82) is 0 Å². The highest BCUT2D eigenvalue weighted by atomic mass is 32.2. The summed E-state index contributed by atoms with van der Waals surface area (Å²) in [4.78, 5) is 13.1. The monoisotopic (exact) mass is 215 g/mol. The van der Waals surface area contributed by atoms with Gasteiger partial charge in [-0.3, -0.25) is 4.79 Å². The van der Waals surface area contributed by atoms with Crippen LogP contribution in [0.25, 0.3) is 0 Å². The molecule has 0 aromatic carbocycles. The van der Waals surface area contributed by atoms with Crippen molar-refractivity contribution in [3.8, 4) is 0 Å². The predicted molar refractivity (Wildman–Crippen MR) is 60.8 cm³/mol. The second-order valence-corrected chi connectivity index (χ2v) is 4.30. The van der Waals surface area contributed by atoms with Crippen molar-refractivity contribution >= 4 is 23.2 Å². The first-order valence-corrected chi connectivity index (χ1v) is 6.00. The molecule has 1 saturated heterocycles. The number of likely N-dealkylation sites (tertiary alicyclic amines) is 1. The molecule has 1 aliphatic heterocycles. The van der Waals surface area contributed by atoms with Gasteiger partial charge in [0.25, 0.3) is 5.24 Å². The lowest BCUT2D eigenvalue weighted by Crippen LogP contribution is -2.31. The van der Waals surface area contributed by atoms with E-state index in [4.69, 9.17) is 0 Å². The molecule has 0 aliphatic carbocycles. The molecule has 0 spiro atoms. The molecule has 5 heteroatoms. The number of thioether (sulfide) groups is 1. The lowest BCUT2D eigenvalue weighted by Gasteiger charge is -2.26. The fourth-order valence-corrected chi connectivity index (χ4v) is 1.56. The molecule has 0 radical (unpaired) electrons. The van der Waals surface area contributed by atoms with Crippen molar-refractivity contribution in [3.05, 3.63) is 0 Å². The summed E-state index contributed by atoms with van der Waals surface area (Å²) in [7, 11) is 2.13. The second-order valence-electron chi connectivity index (χ2n) is 3.52. The van der Waals surface area contributed by atoms with Crippen LogP contribution in [-0.2, 0) is 0 Å². The zero-order valence-corrected chi connectivity index (χ0v) is 9.51. The van der Waals surface area contributed by atoms with Gasteiger partial charge in [0.15, 0.2) is 0 Å². The van der Waals surface area contributed by atoms with Gasteiger partial charge in [0.2, 0.25) is 0 Å². The summed E-state index contributed by atoms with van der Waals surface area (Å²) >= 11 is 1.14. The zero-order chi connectivity index (χ0) is 10.4. The van der Waals surface area contributed by atoms with Crippen LogP contribution < -0.4 is 5.43 Å². The van der Waals surface area contributed by atoms with E-state index in [-0.39, 0.29) is 5.24 Å². The van der Waals surface area contributed by atoms with Gasteiger partial charge in [-0.2, -0.15) is 5.10 Å². The van der Waals surface area contributed by atoms with Gasteiger partial charge < -0.3 is 4.90 Å². The Bertz CT molecular complexity index is 212. The van der Waals surface area contributed by atoms with E-state index in [1.807, 2.05) is 6.21 Å². The number of nitrogens with zero attached hydrogens (tertiary/aromatic N) is 2. The van der Waals surface area contributed by atoms with Gasteiger partial charge >= 0.3 is 0 Å². The molecular weight excluding hydrogens is 198 g/mol. The van der Waals surface area contributed by atoms with E-state index in [0.717, 1.165) is 37.7 Å². The van der Waals surface area contributed by atoms with Gasteiger partial charge in [0.1, 0.15) is 0 Å². The fraction of sp³-hybridized carbons (Fsp3) is 0.778. The molecule has 1 aliphatic rings. The topological polar surface area (TPSA) is 44.7 Å². The fourth-order valence-electron chi connectivity index (χ4n) is 1.42. The number of carbonyl (C=O) groups is 1. The van der Waals surface area contributed by atoms with E-state index >= 15 is 0 Å². The zero-order valence-electron chi connectivity index (χ0n) is 8.69. The molecule has 14 heavy (non-hydrogen) atoms. The number of hydrogen-bond donors (Lipinski definition) is 1. The minimum absolute atomic E-state index is 0.103. The highest BCUT2D eigenvalue weighted by Crippen LogP contribution is 2.13. The maximum Gasteiger partial charge on any atom is 0.298 e. The summed E-state index contributed by atoms with van der Waals surface area (Å²) in [6.07, 6.45) is 5.87. The normalized spacial score (nSPS) is 20.1. The van der Waals surface area contributed by atoms with Gasteiger partial charge in [0, 0.05) is 6.21 Å². The molecule has 1 amide bonds. The van der Waals surface area contributed by atoms with Crippen LogP contribution in [0.4, 0.5) is 4.79 Å². The molecule has 1 heterocycles. The summed E-state index contributed by atoms with van der Waals surface area (Å²) in [5.74, 6) is 0.522. The van der Waals surface area contributed by atoms with Gasteiger partial charge in [-0.25, -0.2) is 5.43 Å². The van der Waals surface area contributed by atoms with Gasteiger partial charge in [0.05, 0.1) is 0 Å². The number of hydrogen-bond acceptors (Lipinski definition) is 4. The van der Waals surface area contributed by atoms with Crippen LogP contribution in [0, 0.1) is 5.92 Å². The molecule has 80 valence electrons. The third-order valence-electron chi connectivity index (χ3n) is 2.39. The number of nitrogens with one attached hydrogen (secondary N) is 1. The largest absolute Gasteiger partial charge is 0.306 e. The Hall–Kier alpha value is -0.550. The quantitative estimate of drug-likeness (QED) is 0.559. The molecule has 0 bridgehead atoms. The van der Waals surface area contributed by atoms with E-state index in [1.54, 1.807) is 6.26 Å². The molecule has 0 aromatic heterocycles. The highest BCUT2D eigenvalue weighted by Gasteiger charge is 2.14. The standard InChI is InChI=1S/C9H17N3OS/c1-12-5-3-8(4-6-12)7-10-11-9(13)14-2/h7-8H,3-6H2,1-2H3,(H,11,13)/b10-7+. The second kappa shape index (κ2) is 6.03.